The third kappa shape index (κ3) is 5.20. The van der Waals surface area contributed by atoms with Crippen LogP contribution in [0.3, 0.4) is 0 Å². The third-order valence-corrected chi connectivity index (χ3v) is 6.78. The molecule has 3 aliphatic heterocycles. The topological polar surface area (TPSA) is 42.0 Å². The van der Waals surface area contributed by atoms with Crippen molar-refractivity contribution < 1.29 is 18.7 Å². The summed E-state index contributed by atoms with van der Waals surface area (Å²) in [5, 5.41) is 0.717. The zero-order valence-corrected chi connectivity index (χ0v) is 19.5. The van der Waals surface area contributed by atoms with Crippen LogP contribution in [-0.4, -0.2) is 55.1 Å². The number of carbonyl (C=O) groups is 1. The molecule has 0 aliphatic carbocycles. The van der Waals surface area contributed by atoms with E-state index >= 15 is 0 Å². The third-order valence-electron chi connectivity index (χ3n) is 6.54. The molecule has 0 bridgehead atoms. The Kier molecular flexibility index (Phi) is 7.62. The molecule has 3 heterocycles. The van der Waals surface area contributed by atoms with Crippen LogP contribution in [-0.2, 0) is 21.8 Å². The van der Waals surface area contributed by atoms with Gasteiger partial charge in [0.25, 0.3) is 0 Å². The van der Waals surface area contributed by atoms with Crippen LogP contribution in [0.1, 0.15) is 34.3 Å². The summed E-state index contributed by atoms with van der Waals surface area (Å²) in [6, 6.07) is 11.8. The van der Waals surface area contributed by atoms with Crippen LogP contribution in [0.2, 0.25) is 5.02 Å². The Hall–Kier alpha value is -2.09. The summed E-state index contributed by atoms with van der Waals surface area (Å²) in [4.78, 5) is 17.5. The Balaban J connectivity index is 0.00000126. The first-order valence-corrected chi connectivity index (χ1v) is 11.7. The quantitative estimate of drug-likeness (QED) is 0.470. The molecule has 5 nitrogen and oxygen atoms in total. The number of benzene rings is 2. The Bertz CT molecular complexity index is 970. The molecule has 33 heavy (non-hydrogen) atoms. The van der Waals surface area contributed by atoms with E-state index in [9.17, 15) is 9.18 Å². The van der Waals surface area contributed by atoms with Crippen LogP contribution in [0.25, 0.3) is 0 Å². The second kappa shape index (κ2) is 10.5. The van der Waals surface area contributed by atoms with Gasteiger partial charge >= 0.3 is 0 Å². The molecule has 0 aromatic heterocycles. The summed E-state index contributed by atoms with van der Waals surface area (Å²) in [6.07, 6.45) is 1.62. The van der Waals surface area contributed by atoms with Crippen molar-refractivity contribution in [2.45, 2.75) is 25.2 Å². The summed E-state index contributed by atoms with van der Waals surface area (Å²) in [5.74, 6) is -0.915. The molecule has 2 fully saturated rings. The van der Waals surface area contributed by atoms with Gasteiger partial charge in [0, 0.05) is 41.7 Å². The number of piperidine rings is 1. The number of fused-ring (bicyclic) bond motifs is 2. The molecule has 2 aromatic rings. The number of hydrogen-bond acceptors (Lipinski definition) is 5. The van der Waals surface area contributed by atoms with E-state index < -0.39 is 5.79 Å². The van der Waals surface area contributed by atoms with Crippen LogP contribution in [0.4, 0.5) is 4.39 Å². The highest BCUT2D eigenvalue weighted by Crippen LogP contribution is 2.40. The molecule has 3 aliphatic rings. The monoisotopic (exact) mass is 472 g/mol. The van der Waals surface area contributed by atoms with Crippen molar-refractivity contribution in [1.82, 2.24) is 9.80 Å². The Morgan fingerprint density at radius 1 is 1.06 bits per heavy atom. The number of likely N-dealkylation sites (tertiary alicyclic amines) is 1. The number of ketones is 1. The van der Waals surface area contributed by atoms with Gasteiger partial charge in [-0.15, -0.1) is 13.2 Å². The smallest absolute Gasteiger partial charge is 0.208 e. The highest BCUT2D eigenvalue weighted by atomic mass is 35.5. The van der Waals surface area contributed by atoms with Crippen LogP contribution in [0.15, 0.2) is 55.6 Å². The number of Topliss-reactive ketones (excluding diaryl/α,β-unsaturated/α-hetero) is 1. The first-order chi connectivity index (χ1) is 16.0. The molecule has 0 amide bonds. The van der Waals surface area contributed by atoms with Gasteiger partial charge in [-0.1, -0.05) is 17.7 Å². The lowest BCUT2D eigenvalue weighted by Gasteiger charge is -2.43. The van der Waals surface area contributed by atoms with E-state index in [1.807, 2.05) is 18.2 Å². The highest BCUT2D eigenvalue weighted by molar-refractivity contribution is 6.30. The van der Waals surface area contributed by atoms with Gasteiger partial charge in [-0.3, -0.25) is 14.6 Å². The van der Waals surface area contributed by atoms with E-state index in [-0.39, 0.29) is 17.5 Å². The van der Waals surface area contributed by atoms with Crippen molar-refractivity contribution in [3.63, 3.8) is 0 Å². The van der Waals surface area contributed by atoms with Crippen molar-refractivity contribution in [1.29, 1.82) is 0 Å². The van der Waals surface area contributed by atoms with Crippen molar-refractivity contribution in [2.75, 3.05) is 39.5 Å². The number of ether oxygens (including phenoxy) is 2. The van der Waals surface area contributed by atoms with Crippen LogP contribution in [0, 0.1) is 11.7 Å². The zero-order chi connectivity index (χ0) is 23.4. The number of halogens is 2. The molecule has 176 valence electrons. The van der Waals surface area contributed by atoms with Gasteiger partial charge in [-0.2, -0.15) is 0 Å². The molecule has 0 radical (unpaired) electrons. The lowest BCUT2D eigenvalue weighted by Crippen LogP contribution is -2.51. The SMILES string of the molecule is C=C.O=C(c1ccc(F)cc1)C1CCN(CN2Cc3cc(Cl)ccc3C3(C2)OCCO3)CC1. The molecular formula is C26H30ClFN2O3. The molecule has 1 spiro atoms. The summed E-state index contributed by atoms with van der Waals surface area (Å²) in [6.45, 7) is 11.1. The minimum Gasteiger partial charge on any atom is -0.342 e. The molecular weight excluding hydrogens is 443 g/mol. The predicted molar refractivity (Wildman–Crippen MR) is 127 cm³/mol. The predicted octanol–water partition coefficient (Wildman–Crippen LogP) is 4.85. The van der Waals surface area contributed by atoms with Crippen molar-refractivity contribution in [3.05, 3.63) is 83.2 Å². The van der Waals surface area contributed by atoms with Crippen molar-refractivity contribution in [3.8, 4) is 0 Å². The van der Waals surface area contributed by atoms with Gasteiger partial charge in [0.05, 0.1) is 26.4 Å². The van der Waals surface area contributed by atoms with E-state index in [0.29, 0.717) is 30.3 Å². The van der Waals surface area contributed by atoms with E-state index in [2.05, 4.69) is 23.0 Å². The normalized spacial score (nSPS) is 20.8. The van der Waals surface area contributed by atoms with Gasteiger partial charge < -0.3 is 9.47 Å². The minimum absolute atomic E-state index is 0.00422. The summed E-state index contributed by atoms with van der Waals surface area (Å²) >= 11 is 6.25. The standard InChI is InChI=1S/C24H26ClFN2O3.C2H4/c25-20-3-6-22-19(13-20)14-28(15-24(22)30-11-12-31-24)16-27-9-7-18(8-10-27)23(29)17-1-4-21(26)5-2-17;1-2/h1-6,13,18H,7-12,14-16H2;1-2H2. The lowest BCUT2D eigenvalue weighted by molar-refractivity contribution is -0.191. The number of carbonyl (C=O) groups excluding carboxylic acids is 1. The summed E-state index contributed by atoms with van der Waals surface area (Å²) < 4.78 is 25.3. The second-order valence-electron chi connectivity index (χ2n) is 8.64. The van der Waals surface area contributed by atoms with E-state index in [1.54, 1.807) is 12.1 Å². The Morgan fingerprint density at radius 3 is 2.39 bits per heavy atom. The molecule has 5 rings (SSSR count). The summed E-state index contributed by atoms with van der Waals surface area (Å²) in [7, 11) is 0. The van der Waals surface area contributed by atoms with Gasteiger partial charge in [-0.25, -0.2) is 4.39 Å². The van der Waals surface area contributed by atoms with Crippen molar-refractivity contribution >= 4 is 17.4 Å². The Morgan fingerprint density at radius 2 is 1.73 bits per heavy atom. The largest absolute Gasteiger partial charge is 0.342 e. The van der Waals surface area contributed by atoms with Crippen molar-refractivity contribution in [2.24, 2.45) is 5.92 Å². The average molecular weight is 473 g/mol. The number of hydrogen-bond donors (Lipinski definition) is 0. The molecule has 0 N–H and O–H groups in total. The Labute approximate surface area is 199 Å². The fourth-order valence-corrected chi connectivity index (χ4v) is 5.21. The molecule has 0 atom stereocenters. The number of rotatable bonds is 4. The van der Waals surface area contributed by atoms with E-state index in [1.165, 1.54) is 12.1 Å². The minimum atomic E-state index is -0.713. The first kappa shape index (κ1) is 24.0. The maximum atomic E-state index is 13.1. The molecule has 0 saturated carbocycles. The lowest BCUT2D eigenvalue weighted by atomic mass is 9.89. The number of nitrogens with zero attached hydrogens (tertiary/aromatic N) is 2. The fraction of sp³-hybridized carbons (Fsp3) is 0.423. The molecule has 7 heteroatoms. The first-order valence-electron chi connectivity index (χ1n) is 11.3. The summed E-state index contributed by atoms with van der Waals surface area (Å²) in [5.41, 5.74) is 2.82. The molecule has 2 saturated heterocycles. The maximum absolute atomic E-state index is 13.1. The van der Waals surface area contributed by atoms with Crippen LogP contribution < -0.4 is 0 Å². The van der Waals surface area contributed by atoms with Crippen LogP contribution in [0.5, 0.6) is 0 Å². The molecule has 0 unspecified atom stereocenters. The zero-order valence-electron chi connectivity index (χ0n) is 18.8. The highest BCUT2D eigenvalue weighted by Gasteiger charge is 2.45. The molecule has 2 aromatic carbocycles. The van der Waals surface area contributed by atoms with Crippen LogP contribution >= 0.6 is 11.6 Å². The van der Waals surface area contributed by atoms with Gasteiger partial charge in [0.15, 0.2) is 5.78 Å². The average Bonchev–Trinajstić information content (AvgIpc) is 3.29. The maximum Gasteiger partial charge on any atom is 0.208 e. The van der Waals surface area contributed by atoms with Gasteiger partial charge in [-0.05, 0) is 54.8 Å². The van der Waals surface area contributed by atoms with E-state index in [4.69, 9.17) is 21.1 Å². The van der Waals surface area contributed by atoms with Gasteiger partial charge in [0.1, 0.15) is 5.82 Å². The van der Waals surface area contributed by atoms with E-state index in [0.717, 1.165) is 50.3 Å². The fourth-order valence-electron chi connectivity index (χ4n) is 5.01. The second-order valence-corrected chi connectivity index (χ2v) is 9.08. The van der Waals surface area contributed by atoms with Gasteiger partial charge in [0.2, 0.25) is 5.79 Å².